The highest BCUT2D eigenvalue weighted by molar-refractivity contribution is 6.31. The minimum atomic E-state index is -0.286. The third-order valence-electron chi connectivity index (χ3n) is 3.29. The van der Waals surface area contributed by atoms with Crippen molar-refractivity contribution in [1.82, 2.24) is 9.88 Å². The monoisotopic (exact) mass is 344 g/mol. The molecule has 1 heterocycles. The van der Waals surface area contributed by atoms with Crippen LogP contribution in [0.25, 0.3) is 0 Å². The van der Waals surface area contributed by atoms with Crippen LogP contribution >= 0.6 is 11.6 Å². The van der Waals surface area contributed by atoms with E-state index in [0.29, 0.717) is 29.4 Å². The van der Waals surface area contributed by atoms with Crippen LogP contribution < -0.4 is 5.32 Å². The zero-order valence-electron chi connectivity index (χ0n) is 12.9. The maximum Gasteiger partial charge on any atom is 0.238 e. The molecule has 0 aliphatic rings. The van der Waals surface area contributed by atoms with Gasteiger partial charge in [-0.05, 0) is 29.8 Å². The number of halogens is 1. The molecule has 1 aromatic carbocycles. The molecule has 0 fully saturated rings. The van der Waals surface area contributed by atoms with Crippen LogP contribution in [0.5, 0.6) is 0 Å². The van der Waals surface area contributed by atoms with Gasteiger partial charge in [0.2, 0.25) is 5.91 Å². The Labute approximate surface area is 145 Å². The highest BCUT2D eigenvalue weighted by Crippen LogP contribution is 2.20. The van der Waals surface area contributed by atoms with Gasteiger partial charge >= 0.3 is 0 Å². The van der Waals surface area contributed by atoms with Crippen LogP contribution in [-0.2, 0) is 11.3 Å². The van der Waals surface area contributed by atoms with Gasteiger partial charge < -0.3 is 10.4 Å². The lowest BCUT2D eigenvalue weighted by Crippen LogP contribution is -2.35. The first-order chi connectivity index (χ1) is 11.6. The lowest BCUT2D eigenvalue weighted by molar-refractivity contribution is -0.117. The number of benzene rings is 1. The summed E-state index contributed by atoms with van der Waals surface area (Å²) in [6, 6.07) is 10.4. The summed E-state index contributed by atoms with van der Waals surface area (Å²) < 4.78 is 0. The number of rotatable bonds is 7. The van der Waals surface area contributed by atoms with E-state index < -0.39 is 0 Å². The number of nitrogens with zero attached hydrogens (tertiary/aromatic N) is 3. The molecule has 1 aromatic heterocycles. The lowest BCUT2D eigenvalue weighted by atomic mass is 10.2. The number of aliphatic hydroxyl groups excluding tert-OH is 1. The smallest absolute Gasteiger partial charge is 0.238 e. The fourth-order valence-corrected chi connectivity index (χ4v) is 2.39. The zero-order chi connectivity index (χ0) is 17.4. The molecule has 24 heavy (non-hydrogen) atoms. The number of carbonyl (C=O) groups is 1. The minimum absolute atomic E-state index is 0.0614. The average molecular weight is 345 g/mol. The first-order valence-corrected chi connectivity index (χ1v) is 7.72. The summed E-state index contributed by atoms with van der Waals surface area (Å²) in [5, 5.41) is 21.4. The second kappa shape index (κ2) is 8.99. The van der Waals surface area contributed by atoms with E-state index in [1.54, 1.807) is 29.4 Å². The molecule has 0 spiro atoms. The van der Waals surface area contributed by atoms with Crippen LogP contribution in [0.4, 0.5) is 5.69 Å². The van der Waals surface area contributed by atoms with Crippen molar-refractivity contribution in [2.45, 2.75) is 6.54 Å². The fraction of sp³-hybridized carbons (Fsp3) is 0.235. The number of pyridine rings is 1. The number of hydrogen-bond acceptors (Lipinski definition) is 5. The predicted molar refractivity (Wildman–Crippen MR) is 91.4 cm³/mol. The molecule has 0 aliphatic carbocycles. The topological polar surface area (TPSA) is 89.2 Å². The molecule has 0 bridgehead atoms. The Hall–Kier alpha value is -2.46. The second-order valence-corrected chi connectivity index (χ2v) is 5.58. The first kappa shape index (κ1) is 17.9. The Morgan fingerprint density at radius 3 is 2.92 bits per heavy atom. The molecule has 0 unspecified atom stereocenters. The van der Waals surface area contributed by atoms with Gasteiger partial charge in [0, 0.05) is 30.5 Å². The van der Waals surface area contributed by atoms with E-state index in [1.807, 2.05) is 18.2 Å². The number of aromatic nitrogens is 1. The third kappa shape index (κ3) is 5.32. The normalized spacial score (nSPS) is 10.4. The molecule has 2 rings (SSSR count). The molecule has 0 radical (unpaired) electrons. The summed E-state index contributed by atoms with van der Waals surface area (Å²) in [7, 11) is 0. The van der Waals surface area contributed by atoms with Crippen molar-refractivity contribution in [2.24, 2.45) is 0 Å². The highest BCUT2D eigenvalue weighted by Gasteiger charge is 2.13. The summed E-state index contributed by atoms with van der Waals surface area (Å²) in [6.45, 7) is 0.854. The zero-order valence-corrected chi connectivity index (χ0v) is 13.7. The highest BCUT2D eigenvalue weighted by atomic mass is 35.5. The SMILES string of the molecule is N#Cc1ccc(Cl)cc1NC(=O)CN(CCO)Cc1cccnc1. The van der Waals surface area contributed by atoms with Crippen molar-refractivity contribution in [2.75, 3.05) is 25.0 Å². The second-order valence-electron chi connectivity index (χ2n) is 5.15. The van der Waals surface area contributed by atoms with Gasteiger partial charge in [0.05, 0.1) is 24.4 Å². The van der Waals surface area contributed by atoms with Crippen molar-refractivity contribution < 1.29 is 9.90 Å². The number of carbonyl (C=O) groups excluding carboxylic acids is 1. The molecule has 2 aromatic rings. The molecule has 0 atom stereocenters. The summed E-state index contributed by atoms with van der Waals surface area (Å²) in [5.74, 6) is -0.286. The molecule has 1 amide bonds. The van der Waals surface area contributed by atoms with Gasteiger partial charge in [-0.3, -0.25) is 14.7 Å². The van der Waals surface area contributed by atoms with Gasteiger partial charge in [-0.1, -0.05) is 17.7 Å². The van der Waals surface area contributed by atoms with E-state index in [-0.39, 0.29) is 19.1 Å². The quantitative estimate of drug-likeness (QED) is 0.802. The van der Waals surface area contributed by atoms with E-state index >= 15 is 0 Å². The molecule has 0 aliphatic heterocycles. The minimum Gasteiger partial charge on any atom is -0.395 e. The number of amides is 1. The van der Waals surface area contributed by atoms with E-state index in [0.717, 1.165) is 5.56 Å². The van der Waals surface area contributed by atoms with Crippen LogP contribution in [0.2, 0.25) is 5.02 Å². The van der Waals surface area contributed by atoms with Crippen LogP contribution in [0, 0.1) is 11.3 Å². The molecule has 6 nitrogen and oxygen atoms in total. The molecule has 0 saturated heterocycles. The molecule has 7 heteroatoms. The Morgan fingerprint density at radius 1 is 1.42 bits per heavy atom. The van der Waals surface area contributed by atoms with Gasteiger partial charge in [0.25, 0.3) is 0 Å². The van der Waals surface area contributed by atoms with E-state index in [4.69, 9.17) is 16.9 Å². The van der Waals surface area contributed by atoms with E-state index in [9.17, 15) is 9.90 Å². The maximum absolute atomic E-state index is 12.3. The number of aliphatic hydroxyl groups is 1. The number of hydrogen-bond donors (Lipinski definition) is 2. The summed E-state index contributed by atoms with van der Waals surface area (Å²) in [6.07, 6.45) is 3.39. The molecule has 0 saturated carbocycles. The van der Waals surface area contributed by atoms with Gasteiger partial charge in [-0.2, -0.15) is 5.26 Å². The van der Waals surface area contributed by atoms with Crippen LogP contribution in [0.15, 0.2) is 42.7 Å². The summed E-state index contributed by atoms with van der Waals surface area (Å²) >= 11 is 5.91. The summed E-state index contributed by atoms with van der Waals surface area (Å²) in [4.78, 5) is 18.1. The van der Waals surface area contributed by atoms with Crippen molar-refractivity contribution in [3.05, 3.63) is 58.9 Å². The van der Waals surface area contributed by atoms with Crippen molar-refractivity contribution in [3.8, 4) is 6.07 Å². The van der Waals surface area contributed by atoms with Gasteiger partial charge in [0.1, 0.15) is 6.07 Å². The van der Waals surface area contributed by atoms with Crippen molar-refractivity contribution in [3.63, 3.8) is 0 Å². The molecule has 2 N–H and O–H groups in total. The average Bonchev–Trinajstić information content (AvgIpc) is 2.56. The third-order valence-corrected chi connectivity index (χ3v) is 3.52. The first-order valence-electron chi connectivity index (χ1n) is 7.34. The number of nitriles is 1. The van der Waals surface area contributed by atoms with Gasteiger partial charge in [0.15, 0.2) is 0 Å². The largest absolute Gasteiger partial charge is 0.395 e. The Balaban J connectivity index is 2.03. The van der Waals surface area contributed by atoms with Gasteiger partial charge in [-0.15, -0.1) is 0 Å². The number of anilines is 1. The van der Waals surface area contributed by atoms with Crippen molar-refractivity contribution >= 4 is 23.2 Å². The number of nitrogens with one attached hydrogen (secondary N) is 1. The van der Waals surface area contributed by atoms with E-state index in [2.05, 4.69) is 10.3 Å². The van der Waals surface area contributed by atoms with Crippen molar-refractivity contribution in [1.29, 1.82) is 5.26 Å². The maximum atomic E-state index is 12.3. The Bertz CT molecular complexity index is 731. The molecular formula is C17H17ClN4O2. The standard InChI is InChI=1S/C17H17ClN4O2/c18-15-4-3-14(9-19)16(8-15)21-17(24)12-22(6-7-23)11-13-2-1-5-20-10-13/h1-5,8,10,23H,6-7,11-12H2,(H,21,24). The van der Waals surface area contributed by atoms with Crippen LogP contribution in [0.1, 0.15) is 11.1 Å². The molecular weight excluding hydrogens is 328 g/mol. The Kier molecular flexibility index (Phi) is 6.70. The lowest BCUT2D eigenvalue weighted by Gasteiger charge is -2.20. The van der Waals surface area contributed by atoms with Crippen LogP contribution in [-0.4, -0.2) is 40.6 Å². The van der Waals surface area contributed by atoms with Crippen LogP contribution in [0.3, 0.4) is 0 Å². The van der Waals surface area contributed by atoms with Gasteiger partial charge in [-0.25, -0.2) is 0 Å². The molecule has 124 valence electrons. The summed E-state index contributed by atoms with van der Waals surface area (Å²) in [5.41, 5.74) is 1.66. The Morgan fingerprint density at radius 2 is 2.25 bits per heavy atom. The predicted octanol–water partition coefficient (Wildman–Crippen LogP) is 2.04. The fourth-order valence-electron chi connectivity index (χ4n) is 2.22. The van der Waals surface area contributed by atoms with E-state index in [1.165, 1.54) is 6.07 Å².